The molecular weight excluding hydrogens is 420 g/mol. The third kappa shape index (κ3) is 4.25. The van der Waals surface area contributed by atoms with Crippen LogP contribution in [0.5, 0.6) is 11.5 Å². The maximum absolute atomic E-state index is 13.1. The van der Waals surface area contributed by atoms with Gasteiger partial charge in [-0.15, -0.1) is 0 Å². The van der Waals surface area contributed by atoms with Crippen LogP contribution in [0.3, 0.4) is 0 Å². The summed E-state index contributed by atoms with van der Waals surface area (Å²) in [5.74, 6) is 0.451. The van der Waals surface area contributed by atoms with Crippen LogP contribution in [0.25, 0.3) is 11.0 Å². The lowest BCUT2D eigenvalue weighted by Crippen LogP contribution is -2.45. The summed E-state index contributed by atoms with van der Waals surface area (Å²) in [5, 5.41) is 12.8. The molecule has 1 fully saturated rings. The van der Waals surface area contributed by atoms with Gasteiger partial charge in [-0.3, -0.25) is 4.79 Å². The van der Waals surface area contributed by atoms with E-state index >= 15 is 0 Å². The predicted molar refractivity (Wildman–Crippen MR) is 122 cm³/mol. The molecule has 33 heavy (non-hydrogen) atoms. The highest BCUT2D eigenvalue weighted by Gasteiger charge is 2.30. The largest absolute Gasteiger partial charge is 0.454 e. The molecule has 168 valence electrons. The minimum atomic E-state index is -1.08. The molecule has 1 aromatic heterocycles. The number of likely N-dealkylation sites (N-methyl/N-ethyl adjacent to an activating group) is 1. The zero-order chi connectivity index (χ0) is 22.8. The first-order valence-corrected chi connectivity index (χ1v) is 10.9. The van der Waals surface area contributed by atoms with E-state index in [9.17, 15) is 10.1 Å². The molecular formula is C24H24N6O3. The summed E-state index contributed by atoms with van der Waals surface area (Å²) in [6.07, 6.45) is 0. The highest BCUT2D eigenvalue weighted by molar-refractivity contribution is 5.88. The summed E-state index contributed by atoms with van der Waals surface area (Å²) in [5.41, 5.74) is 2.65. The van der Waals surface area contributed by atoms with Gasteiger partial charge in [0.2, 0.25) is 12.7 Å². The second kappa shape index (κ2) is 8.92. The van der Waals surface area contributed by atoms with Crippen LogP contribution < -0.4 is 19.7 Å². The molecule has 9 heteroatoms. The summed E-state index contributed by atoms with van der Waals surface area (Å²) in [7, 11) is 2.08. The summed E-state index contributed by atoms with van der Waals surface area (Å²) in [4.78, 5) is 27.0. The van der Waals surface area contributed by atoms with Gasteiger partial charge in [0.05, 0.1) is 17.1 Å². The van der Waals surface area contributed by atoms with Crippen molar-refractivity contribution in [2.45, 2.75) is 12.5 Å². The number of rotatable bonds is 5. The molecule has 0 aliphatic carbocycles. The lowest BCUT2D eigenvalue weighted by Gasteiger charge is -2.34. The standard InChI is InChI=1S/C24H24N6O3/c1-29-8-10-30(11-9-29)23-22(27-18-4-2-3-5-19(18)28-23)17(13-25)24(31)26-14-16-6-7-20-21(12-16)33-15-32-20/h2-7,12,17H,8-11,14-15H2,1H3,(H,26,31)/t17-/m1/s1. The van der Waals surface area contributed by atoms with Crippen LogP contribution >= 0.6 is 0 Å². The van der Waals surface area contributed by atoms with Crippen molar-refractivity contribution >= 4 is 22.8 Å². The molecule has 0 spiro atoms. The molecule has 0 saturated carbocycles. The minimum Gasteiger partial charge on any atom is -0.454 e. The van der Waals surface area contributed by atoms with Crippen molar-refractivity contribution in [1.29, 1.82) is 5.26 Å². The Labute approximate surface area is 191 Å². The zero-order valence-electron chi connectivity index (χ0n) is 18.3. The Bertz CT molecular complexity index is 1230. The first-order chi connectivity index (χ1) is 16.1. The van der Waals surface area contributed by atoms with Crippen molar-refractivity contribution in [1.82, 2.24) is 20.2 Å². The van der Waals surface area contributed by atoms with E-state index in [1.54, 1.807) is 0 Å². The van der Waals surface area contributed by atoms with Crippen molar-refractivity contribution in [3.05, 3.63) is 53.7 Å². The quantitative estimate of drug-likeness (QED) is 0.638. The van der Waals surface area contributed by atoms with Crippen LogP contribution in [0, 0.1) is 11.3 Å². The Hall–Kier alpha value is -3.90. The molecule has 1 N–H and O–H groups in total. The van der Waals surface area contributed by atoms with Gasteiger partial charge in [-0.1, -0.05) is 18.2 Å². The molecule has 5 rings (SSSR count). The van der Waals surface area contributed by atoms with E-state index in [0.717, 1.165) is 37.3 Å². The number of piperazine rings is 1. The number of nitrogens with zero attached hydrogens (tertiary/aromatic N) is 5. The molecule has 2 aliphatic rings. The number of carbonyl (C=O) groups excluding carboxylic acids is 1. The number of hydrogen-bond donors (Lipinski definition) is 1. The van der Waals surface area contributed by atoms with Crippen molar-refractivity contribution in [3.63, 3.8) is 0 Å². The van der Waals surface area contributed by atoms with E-state index in [2.05, 4.69) is 28.2 Å². The van der Waals surface area contributed by atoms with Crippen molar-refractivity contribution < 1.29 is 14.3 Å². The minimum absolute atomic E-state index is 0.192. The van der Waals surface area contributed by atoms with Crippen molar-refractivity contribution in [2.75, 3.05) is 44.9 Å². The van der Waals surface area contributed by atoms with Gasteiger partial charge >= 0.3 is 0 Å². The fraction of sp³-hybridized carbons (Fsp3) is 0.333. The molecule has 1 atom stereocenters. The number of para-hydroxylation sites is 2. The molecule has 1 amide bonds. The Kier molecular flexibility index (Phi) is 5.67. The lowest BCUT2D eigenvalue weighted by molar-refractivity contribution is -0.121. The Morgan fingerprint density at radius 2 is 1.82 bits per heavy atom. The fourth-order valence-electron chi connectivity index (χ4n) is 4.04. The van der Waals surface area contributed by atoms with E-state index in [-0.39, 0.29) is 13.3 Å². The van der Waals surface area contributed by atoms with Crippen LogP contribution in [0.4, 0.5) is 5.82 Å². The Morgan fingerprint density at radius 1 is 1.09 bits per heavy atom. The number of hydrogen-bond acceptors (Lipinski definition) is 8. The topological polar surface area (TPSA) is 104 Å². The number of benzene rings is 2. The van der Waals surface area contributed by atoms with Gasteiger partial charge in [0.25, 0.3) is 0 Å². The number of nitrogens with one attached hydrogen (secondary N) is 1. The summed E-state index contributed by atoms with van der Waals surface area (Å²) in [6.45, 7) is 3.72. The summed E-state index contributed by atoms with van der Waals surface area (Å²) < 4.78 is 10.7. The third-order valence-corrected chi connectivity index (χ3v) is 5.95. The predicted octanol–water partition coefficient (Wildman–Crippen LogP) is 2.03. The molecule has 2 aromatic carbocycles. The second-order valence-corrected chi connectivity index (χ2v) is 8.18. The van der Waals surface area contributed by atoms with E-state index in [1.807, 2.05) is 42.5 Å². The van der Waals surface area contributed by atoms with Crippen molar-refractivity contribution in [2.24, 2.45) is 0 Å². The van der Waals surface area contributed by atoms with Gasteiger partial charge in [0.15, 0.2) is 23.2 Å². The van der Waals surface area contributed by atoms with Crippen LogP contribution in [0.1, 0.15) is 17.2 Å². The maximum atomic E-state index is 13.1. The van der Waals surface area contributed by atoms with Gasteiger partial charge in [-0.25, -0.2) is 9.97 Å². The van der Waals surface area contributed by atoms with Crippen LogP contribution in [-0.4, -0.2) is 60.8 Å². The first kappa shape index (κ1) is 21.0. The molecule has 3 aromatic rings. The van der Waals surface area contributed by atoms with E-state index < -0.39 is 11.8 Å². The molecule has 2 aliphatic heterocycles. The van der Waals surface area contributed by atoms with Gasteiger partial charge < -0.3 is 24.6 Å². The number of amides is 1. The average molecular weight is 444 g/mol. The molecule has 3 heterocycles. The lowest BCUT2D eigenvalue weighted by atomic mass is 10.0. The second-order valence-electron chi connectivity index (χ2n) is 8.18. The first-order valence-electron chi connectivity index (χ1n) is 10.9. The molecule has 0 unspecified atom stereocenters. The van der Waals surface area contributed by atoms with Gasteiger partial charge in [0, 0.05) is 32.7 Å². The number of aromatic nitrogens is 2. The van der Waals surface area contributed by atoms with E-state index in [0.29, 0.717) is 28.5 Å². The van der Waals surface area contributed by atoms with E-state index in [1.165, 1.54) is 0 Å². The van der Waals surface area contributed by atoms with Gasteiger partial charge in [-0.2, -0.15) is 5.26 Å². The Balaban J connectivity index is 1.42. The normalized spacial score (nSPS) is 16.4. The van der Waals surface area contributed by atoms with Crippen molar-refractivity contribution in [3.8, 4) is 17.6 Å². The highest BCUT2D eigenvalue weighted by Crippen LogP contribution is 2.32. The molecule has 9 nitrogen and oxygen atoms in total. The monoisotopic (exact) mass is 444 g/mol. The fourth-order valence-corrected chi connectivity index (χ4v) is 4.04. The van der Waals surface area contributed by atoms with E-state index in [4.69, 9.17) is 19.4 Å². The highest BCUT2D eigenvalue weighted by atomic mass is 16.7. The van der Waals surface area contributed by atoms with Gasteiger partial charge in [-0.05, 0) is 36.9 Å². The number of anilines is 1. The SMILES string of the molecule is CN1CCN(c2nc3ccccc3nc2[C@@H](C#N)C(=O)NCc2ccc3c(c2)OCO3)CC1. The number of carbonyl (C=O) groups is 1. The summed E-state index contributed by atoms with van der Waals surface area (Å²) in [6, 6.07) is 15.2. The molecule has 0 bridgehead atoms. The zero-order valence-corrected chi connectivity index (χ0v) is 18.3. The van der Waals surface area contributed by atoms with Crippen LogP contribution in [0.15, 0.2) is 42.5 Å². The summed E-state index contributed by atoms with van der Waals surface area (Å²) >= 11 is 0. The third-order valence-electron chi connectivity index (χ3n) is 5.95. The smallest absolute Gasteiger partial charge is 0.243 e. The molecule has 1 saturated heterocycles. The van der Waals surface area contributed by atoms with Gasteiger partial charge in [0.1, 0.15) is 5.69 Å². The van der Waals surface area contributed by atoms with Crippen LogP contribution in [-0.2, 0) is 11.3 Å². The number of nitriles is 1. The average Bonchev–Trinajstić information content (AvgIpc) is 3.31. The van der Waals surface area contributed by atoms with Crippen LogP contribution in [0.2, 0.25) is 0 Å². The Morgan fingerprint density at radius 3 is 2.58 bits per heavy atom. The number of fused-ring (bicyclic) bond motifs is 2. The number of ether oxygens (including phenoxy) is 2. The maximum Gasteiger partial charge on any atom is 0.243 e. The molecule has 0 radical (unpaired) electrons.